The fourth-order valence-corrected chi connectivity index (χ4v) is 13.1. The van der Waals surface area contributed by atoms with Gasteiger partial charge in [-0.25, -0.2) is 4.79 Å². The van der Waals surface area contributed by atoms with Crippen LogP contribution in [-0.4, -0.2) is 316 Å². The Hall–Kier alpha value is -9.56. The van der Waals surface area contributed by atoms with Crippen molar-refractivity contribution < 1.29 is 209 Å². The van der Waals surface area contributed by atoms with Gasteiger partial charge in [-0.1, -0.05) is 34.8 Å². The molecule has 120 heavy (non-hydrogen) atoms. The second-order valence-electron chi connectivity index (χ2n) is 26.9. The van der Waals surface area contributed by atoms with Crippen molar-refractivity contribution >= 4 is 148 Å². The zero-order valence-corrected chi connectivity index (χ0v) is 70.0. The third-order valence-electron chi connectivity index (χ3n) is 16.9. The van der Waals surface area contributed by atoms with Gasteiger partial charge in [0.2, 0.25) is 30.1 Å². The molecule has 0 aromatic rings. The molecule has 5 rings (SSSR count). The van der Waals surface area contributed by atoms with Gasteiger partial charge >= 0.3 is 95.5 Å². The third-order valence-corrected chi connectivity index (χ3v) is 17.4. The highest BCUT2D eigenvalue weighted by Crippen LogP contribution is 2.44. The summed E-state index contributed by atoms with van der Waals surface area (Å²) in [5.74, 6) is -25.8. The van der Waals surface area contributed by atoms with E-state index < -0.39 is 315 Å². The highest BCUT2D eigenvalue weighted by atomic mass is 35.6. The van der Waals surface area contributed by atoms with Crippen LogP contribution in [0.15, 0.2) is 0 Å². The van der Waals surface area contributed by atoms with Gasteiger partial charge in [0.1, 0.15) is 100 Å². The topological polar surface area (TPSA) is 595 Å². The largest absolute Gasteiger partial charge is 0.465 e. The van der Waals surface area contributed by atoms with Gasteiger partial charge < -0.3 is 134 Å². The second kappa shape index (κ2) is 45.4. The molecule has 2 amide bonds. The number of esters is 16. The Kier molecular flexibility index (Phi) is 38.2. The lowest BCUT2D eigenvalue weighted by Crippen LogP contribution is -2.73. The van der Waals surface area contributed by atoms with Gasteiger partial charge in [-0.15, -0.1) is 0 Å². The Morgan fingerprint density at radius 1 is 0.375 bits per heavy atom. The van der Waals surface area contributed by atoms with Crippen LogP contribution in [0.5, 0.6) is 0 Å². The summed E-state index contributed by atoms with van der Waals surface area (Å²) in [6, 6.07) is -4.05. The summed E-state index contributed by atoms with van der Waals surface area (Å²) in [6.07, 6.45) is -52.1. The van der Waals surface area contributed by atoms with Crippen molar-refractivity contribution in [2.24, 2.45) is 0 Å². The summed E-state index contributed by atoms with van der Waals surface area (Å²) in [5.41, 5.74) is 0. The Bertz CT molecular complexity index is 3770. The zero-order valence-electron chi connectivity index (χ0n) is 67.8. The number of carbonyl (C=O) groups excluding carboxylic acids is 18. The maximum Gasteiger partial charge on any atom is 0.366 e. The maximum atomic E-state index is 15.2. The van der Waals surface area contributed by atoms with E-state index in [2.05, 4.69) is 10.6 Å². The summed E-state index contributed by atoms with van der Waals surface area (Å²) < 4.78 is 151. The van der Waals surface area contributed by atoms with Gasteiger partial charge in [0.05, 0.1) is 19.6 Å². The molecule has 5 aliphatic rings. The molecule has 0 bridgehead atoms. The van der Waals surface area contributed by atoms with Crippen molar-refractivity contribution in [1.29, 1.82) is 5.41 Å². The van der Waals surface area contributed by atoms with Crippen LogP contribution < -0.4 is 10.6 Å². The van der Waals surface area contributed by atoms with Gasteiger partial charge in [-0.2, -0.15) is 0 Å². The van der Waals surface area contributed by atoms with Crippen molar-refractivity contribution in [3.8, 4) is 0 Å². The Balaban J connectivity index is 1.88. The number of hydrogen-bond donors (Lipinski definition) is 3. The van der Waals surface area contributed by atoms with Crippen molar-refractivity contribution in [2.75, 3.05) is 40.1 Å². The smallest absolute Gasteiger partial charge is 0.366 e. The number of halogens is 3. The van der Waals surface area contributed by atoms with Crippen LogP contribution in [-0.2, 0) is 209 Å². The van der Waals surface area contributed by atoms with E-state index in [1.807, 2.05) is 0 Å². The highest BCUT2D eigenvalue weighted by Gasteiger charge is 2.66. The van der Waals surface area contributed by atoms with Gasteiger partial charge in [-0.05, 0) is 0 Å². The van der Waals surface area contributed by atoms with Gasteiger partial charge in [0.25, 0.3) is 9.58 Å². The lowest BCUT2D eigenvalue weighted by Gasteiger charge is -2.53. The Morgan fingerprint density at radius 2 is 0.717 bits per heavy atom. The quantitative estimate of drug-likeness (QED) is 0.0219. The average molecular weight is 1790 g/mol. The fourth-order valence-electron chi connectivity index (χ4n) is 13.0. The van der Waals surface area contributed by atoms with Crippen LogP contribution in [0, 0.1) is 5.41 Å². The van der Waals surface area contributed by atoms with E-state index in [-0.39, 0.29) is 0 Å². The van der Waals surface area contributed by atoms with Crippen LogP contribution in [0.3, 0.4) is 0 Å². The molecule has 0 spiro atoms. The van der Waals surface area contributed by atoms with Crippen molar-refractivity contribution in [3.63, 3.8) is 0 Å². The molecule has 0 saturated carbocycles. The molecule has 5 saturated heterocycles. The molecule has 26 atom stereocenters. The predicted octanol–water partition coefficient (Wildman–Crippen LogP) is -1.41. The third kappa shape index (κ3) is 29.9. The molecule has 5 fully saturated rings. The van der Waals surface area contributed by atoms with Gasteiger partial charge in [-0.3, -0.25) is 86.9 Å². The van der Waals surface area contributed by atoms with Crippen molar-refractivity contribution in [3.05, 3.63) is 0 Å². The first-order valence-corrected chi connectivity index (χ1v) is 37.3. The second-order valence-corrected chi connectivity index (χ2v) is 29.2. The SMILES string of the molecule is COC(=O)[C@@]1(O[C@H]2[C@@H](OC(C)=O)[C@@H](COC(C)=O)O[C@@H](O[C@H]3[C@H](OC(C)=O)[C@@H](NC(C)=O)[C@H](O[C@H]4[C@@H](OC(C)=O)[C@@H](COC(C)=O)O[C@@H](O[C@H]5[C@H](OC(C)=O)[C@@H](OC(C)=O)[C@@H](OC(=N)C(Cl)(Cl)Cl)O[C@@H]5COC(C)=O)[C@@H]4OC(C)=O)O[C@@H]3COC(C)=O)[C@@H]2OC(C)=O)C[C@H](OC(C)=O)[C@@H](NC(C)=O)[C@H]([C@H](OC(C)=O)[C@@H](COC(C)=O)OC(C)=O)O1. The van der Waals surface area contributed by atoms with Crippen LogP contribution in [0.25, 0.3) is 0 Å². The summed E-state index contributed by atoms with van der Waals surface area (Å²) in [4.78, 5) is 241. The van der Waals surface area contributed by atoms with Crippen LogP contribution >= 0.6 is 34.8 Å². The van der Waals surface area contributed by atoms with Gasteiger partial charge in [0, 0.05) is 118 Å². The molecule has 5 heterocycles. The van der Waals surface area contributed by atoms with Crippen molar-refractivity contribution in [2.45, 2.75) is 287 Å². The molecule has 47 nitrogen and oxygen atoms in total. The molecular weight excluding hydrogens is 1690 g/mol. The highest BCUT2D eigenvalue weighted by molar-refractivity contribution is 6.76. The molecule has 0 aliphatic carbocycles. The molecule has 0 aromatic carbocycles. The lowest BCUT2D eigenvalue weighted by atomic mass is 9.87. The first-order chi connectivity index (χ1) is 55.8. The first-order valence-electron chi connectivity index (χ1n) is 36.1. The summed E-state index contributed by atoms with van der Waals surface area (Å²) in [6.45, 7) is 9.63. The van der Waals surface area contributed by atoms with Crippen LogP contribution in [0.1, 0.15) is 124 Å². The number of amides is 2. The molecule has 0 aromatic heterocycles. The summed E-state index contributed by atoms with van der Waals surface area (Å²) in [5, 5.41) is 13.3. The molecule has 50 heteroatoms. The van der Waals surface area contributed by atoms with Gasteiger partial charge in [0.15, 0.2) is 67.7 Å². The minimum atomic E-state index is -3.36. The Labute approximate surface area is 697 Å². The first kappa shape index (κ1) is 101. The molecule has 3 N–H and O–H groups in total. The molecule has 0 unspecified atom stereocenters. The van der Waals surface area contributed by atoms with E-state index in [4.69, 9.17) is 163 Å². The number of alkyl halides is 3. The number of rotatable bonds is 34. The van der Waals surface area contributed by atoms with E-state index in [0.717, 1.165) is 125 Å². The minimum absolute atomic E-state index is 0.749. The summed E-state index contributed by atoms with van der Waals surface area (Å²) >= 11 is 17.9. The average Bonchev–Trinajstić information content (AvgIpc) is 0.737. The molecule has 674 valence electrons. The van der Waals surface area contributed by atoms with E-state index in [0.29, 0.717) is 0 Å². The normalized spacial score (nSPS) is 30.7. The number of methoxy groups -OCH3 is 1. The standard InChI is InChI=1S/C70H94Cl3N3O44/c1-25(77)75-48-42(101-32(8)84)19-69(68(94)95-18,119-56(48)51(103-34(10)86)43(102-33(9)85)20-96-27(3)79)120-59-54(105-36(12)88)47(24-100-31(7)83)113-65(62(59)110-41(17)93)115-50-44(21-97-28(4)80)111-63(49(76-26(2)78)55(50)106-37(13)89)117-58-52(104-35(11)87)45(22-98-29(5)81)112-64(61(58)109-40(16)92)116-53-46(23-99-30(6)82)114-66(118-67(74)70(71,72)73)60(108-39(15)91)57(53)107-38(14)90/h42-66,74H,19-24H2,1-18H3,(H,75,77)(H,76,78)/t42-,43+,44+,45+,46+,47+,48+,49+,50+,51+,52-,53+,54-,55+,56+,57-,58-,59-,60+,61+,62+,63-,64-,65-,66+,69-/m0/s1. The minimum Gasteiger partial charge on any atom is -0.465 e. The van der Waals surface area contributed by atoms with E-state index in [1.54, 1.807) is 0 Å². The van der Waals surface area contributed by atoms with Crippen LogP contribution in [0.2, 0.25) is 0 Å². The molecule has 0 radical (unpaired) electrons. The van der Waals surface area contributed by atoms with E-state index >= 15 is 4.79 Å². The lowest BCUT2D eigenvalue weighted by molar-refractivity contribution is -0.390. The number of carbonyl (C=O) groups is 18. The Morgan fingerprint density at radius 3 is 1.11 bits per heavy atom. The number of nitrogens with one attached hydrogen (secondary N) is 3. The monoisotopic (exact) mass is 1790 g/mol. The van der Waals surface area contributed by atoms with Crippen LogP contribution in [0.4, 0.5) is 0 Å². The summed E-state index contributed by atoms with van der Waals surface area (Å²) in [7, 11) is 0.749. The fraction of sp³-hybridized carbons (Fsp3) is 0.729. The predicted molar refractivity (Wildman–Crippen MR) is 381 cm³/mol. The molecular formula is C70H94Cl3N3O44. The molecule has 5 aliphatic heterocycles. The maximum absolute atomic E-state index is 15.2. The van der Waals surface area contributed by atoms with E-state index in [9.17, 15) is 81.5 Å². The van der Waals surface area contributed by atoms with E-state index in [1.165, 1.54) is 0 Å². The van der Waals surface area contributed by atoms with Crippen molar-refractivity contribution in [1.82, 2.24) is 10.6 Å². The zero-order chi connectivity index (χ0) is 90.4. The number of ether oxygens (including phenoxy) is 26. The number of hydrogen-bond acceptors (Lipinski definition) is 45.